The van der Waals surface area contributed by atoms with E-state index in [1.807, 2.05) is 13.8 Å². The average molecular weight is 193 g/mol. The minimum atomic E-state index is 0.267. The first-order chi connectivity index (χ1) is 6.69. The zero-order valence-electron chi connectivity index (χ0n) is 8.74. The van der Waals surface area contributed by atoms with Crippen molar-refractivity contribution in [2.45, 2.75) is 13.8 Å². The molecule has 0 amide bonds. The van der Waals surface area contributed by atoms with E-state index in [4.69, 9.17) is 4.74 Å². The van der Waals surface area contributed by atoms with Gasteiger partial charge in [0.05, 0.1) is 7.11 Å². The lowest BCUT2D eigenvalue weighted by molar-refractivity contribution is 0.411. The van der Waals surface area contributed by atoms with E-state index in [0.29, 0.717) is 12.1 Å². The Morgan fingerprint density at radius 1 is 1.50 bits per heavy atom. The van der Waals surface area contributed by atoms with E-state index in [9.17, 15) is 5.11 Å². The van der Waals surface area contributed by atoms with Gasteiger partial charge in [-0.1, -0.05) is 0 Å². The van der Waals surface area contributed by atoms with E-state index in [-0.39, 0.29) is 5.75 Å². The molecular weight excluding hydrogens is 178 g/mol. The fourth-order valence-electron chi connectivity index (χ4n) is 1.18. The predicted octanol–water partition coefficient (Wildman–Crippen LogP) is 2.15. The highest BCUT2D eigenvalue weighted by Gasteiger charge is 2.04. The van der Waals surface area contributed by atoms with Gasteiger partial charge in [-0.25, -0.2) is 0 Å². The Kier molecular flexibility index (Phi) is 3.51. The molecule has 0 unspecified atom stereocenters. The molecule has 0 aliphatic carbocycles. The number of aryl methyl sites for hydroxylation is 1. The molecule has 1 aromatic rings. The topological polar surface area (TPSA) is 41.8 Å². The van der Waals surface area contributed by atoms with Gasteiger partial charge < -0.3 is 9.84 Å². The van der Waals surface area contributed by atoms with Crippen molar-refractivity contribution in [1.29, 1.82) is 0 Å². The highest BCUT2D eigenvalue weighted by molar-refractivity contribution is 5.84. The van der Waals surface area contributed by atoms with Crippen molar-refractivity contribution >= 4 is 6.21 Å². The van der Waals surface area contributed by atoms with Gasteiger partial charge in [0.25, 0.3) is 0 Å². The van der Waals surface area contributed by atoms with Gasteiger partial charge in [-0.05, 0) is 31.5 Å². The summed E-state index contributed by atoms with van der Waals surface area (Å²) >= 11 is 0. The minimum absolute atomic E-state index is 0.267. The number of nitrogens with zero attached hydrogens (tertiary/aromatic N) is 1. The van der Waals surface area contributed by atoms with E-state index in [0.717, 1.165) is 11.3 Å². The number of ether oxygens (including phenoxy) is 1. The third kappa shape index (κ3) is 2.25. The van der Waals surface area contributed by atoms with Crippen LogP contribution in [0.25, 0.3) is 0 Å². The summed E-state index contributed by atoms with van der Waals surface area (Å²) in [6.07, 6.45) is 1.66. The van der Waals surface area contributed by atoms with Crippen molar-refractivity contribution in [3.8, 4) is 11.5 Å². The molecule has 14 heavy (non-hydrogen) atoms. The first-order valence-electron chi connectivity index (χ1n) is 4.56. The molecule has 1 rings (SSSR count). The summed E-state index contributed by atoms with van der Waals surface area (Å²) in [7, 11) is 1.60. The Bertz CT molecular complexity index is 345. The van der Waals surface area contributed by atoms with Crippen LogP contribution >= 0.6 is 0 Å². The van der Waals surface area contributed by atoms with Crippen LogP contribution in [0.3, 0.4) is 0 Å². The maximum absolute atomic E-state index is 9.70. The Morgan fingerprint density at radius 2 is 2.21 bits per heavy atom. The van der Waals surface area contributed by atoms with Crippen molar-refractivity contribution in [3.05, 3.63) is 23.3 Å². The maximum atomic E-state index is 9.70. The number of rotatable bonds is 3. The van der Waals surface area contributed by atoms with E-state index in [1.165, 1.54) is 0 Å². The Hall–Kier alpha value is -1.51. The van der Waals surface area contributed by atoms with Gasteiger partial charge in [0.15, 0.2) is 0 Å². The van der Waals surface area contributed by atoms with Gasteiger partial charge >= 0.3 is 0 Å². The van der Waals surface area contributed by atoms with E-state index in [1.54, 1.807) is 25.5 Å². The fraction of sp³-hybridized carbons (Fsp3) is 0.364. The normalized spacial score (nSPS) is 10.8. The van der Waals surface area contributed by atoms with Crippen molar-refractivity contribution in [2.24, 2.45) is 4.99 Å². The van der Waals surface area contributed by atoms with Crippen LogP contribution in [-0.2, 0) is 0 Å². The summed E-state index contributed by atoms with van der Waals surface area (Å²) in [5.74, 6) is 1.00. The van der Waals surface area contributed by atoms with Crippen LogP contribution in [0.5, 0.6) is 11.5 Å². The van der Waals surface area contributed by atoms with Crippen LogP contribution in [0.4, 0.5) is 0 Å². The number of aliphatic imine (C=N–C) groups is 1. The second-order valence-electron chi connectivity index (χ2n) is 3.01. The molecular formula is C11H15NO2. The van der Waals surface area contributed by atoms with Crippen molar-refractivity contribution in [2.75, 3.05) is 13.7 Å². The number of hydrogen-bond donors (Lipinski definition) is 1. The standard InChI is InChI=1S/C11H15NO2/c1-4-12-7-9-6-10(14-3)5-8(2)11(9)13/h5-7,13H,4H2,1-3H3. The molecule has 0 radical (unpaired) electrons. The van der Waals surface area contributed by atoms with Crippen molar-refractivity contribution < 1.29 is 9.84 Å². The monoisotopic (exact) mass is 193 g/mol. The lowest BCUT2D eigenvalue weighted by atomic mass is 10.1. The molecule has 0 aliphatic rings. The minimum Gasteiger partial charge on any atom is -0.507 e. The number of phenols is 1. The lowest BCUT2D eigenvalue weighted by Gasteiger charge is -2.06. The van der Waals surface area contributed by atoms with Crippen LogP contribution in [0.2, 0.25) is 0 Å². The molecule has 0 aliphatic heterocycles. The van der Waals surface area contributed by atoms with Gasteiger partial charge in [-0.3, -0.25) is 4.99 Å². The second kappa shape index (κ2) is 4.65. The van der Waals surface area contributed by atoms with Crippen LogP contribution in [-0.4, -0.2) is 25.0 Å². The first kappa shape index (κ1) is 10.6. The maximum Gasteiger partial charge on any atom is 0.127 e. The molecule has 1 N–H and O–H groups in total. The van der Waals surface area contributed by atoms with Gasteiger partial charge in [0.2, 0.25) is 0 Å². The van der Waals surface area contributed by atoms with Crippen LogP contribution < -0.4 is 4.74 Å². The summed E-state index contributed by atoms with van der Waals surface area (Å²) in [4.78, 5) is 4.08. The smallest absolute Gasteiger partial charge is 0.127 e. The molecule has 0 bridgehead atoms. The Balaban J connectivity index is 3.13. The molecule has 3 nitrogen and oxygen atoms in total. The van der Waals surface area contributed by atoms with Gasteiger partial charge in [0, 0.05) is 18.3 Å². The number of phenolic OH excluding ortho intramolecular Hbond substituents is 1. The summed E-state index contributed by atoms with van der Waals surface area (Å²) in [5, 5.41) is 9.70. The zero-order valence-corrected chi connectivity index (χ0v) is 8.74. The fourth-order valence-corrected chi connectivity index (χ4v) is 1.18. The van der Waals surface area contributed by atoms with Gasteiger partial charge in [-0.15, -0.1) is 0 Å². The highest BCUT2D eigenvalue weighted by Crippen LogP contribution is 2.26. The average Bonchev–Trinajstić information content (AvgIpc) is 2.20. The second-order valence-corrected chi connectivity index (χ2v) is 3.01. The molecule has 0 heterocycles. The molecule has 1 aromatic carbocycles. The van der Waals surface area contributed by atoms with E-state index < -0.39 is 0 Å². The molecule has 3 heteroatoms. The van der Waals surface area contributed by atoms with Gasteiger partial charge in [-0.2, -0.15) is 0 Å². The molecule has 0 atom stereocenters. The van der Waals surface area contributed by atoms with Crippen LogP contribution in [0.1, 0.15) is 18.1 Å². The predicted molar refractivity (Wildman–Crippen MR) is 57.5 cm³/mol. The third-order valence-electron chi connectivity index (χ3n) is 1.95. The quantitative estimate of drug-likeness (QED) is 0.747. The number of benzene rings is 1. The van der Waals surface area contributed by atoms with E-state index in [2.05, 4.69) is 4.99 Å². The van der Waals surface area contributed by atoms with Gasteiger partial charge in [0.1, 0.15) is 11.5 Å². The Morgan fingerprint density at radius 3 is 2.79 bits per heavy atom. The molecule has 0 saturated heterocycles. The zero-order chi connectivity index (χ0) is 10.6. The van der Waals surface area contributed by atoms with E-state index >= 15 is 0 Å². The molecule has 0 fully saturated rings. The summed E-state index contributed by atoms with van der Waals surface area (Å²) in [6.45, 7) is 4.48. The highest BCUT2D eigenvalue weighted by atomic mass is 16.5. The lowest BCUT2D eigenvalue weighted by Crippen LogP contribution is -1.90. The number of hydrogen-bond acceptors (Lipinski definition) is 3. The summed E-state index contributed by atoms with van der Waals surface area (Å²) < 4.78 is 5.10. The first-order valence-corrected chi connectivity index (χ1v) is 4.56. The third-order valence-corrected chi connectivity index (χ3v) is 1.95. The summed E-state index contributed by atoms with van der Waals surface area (Å²) in [6, 6.07) is 3.56. The SMILES string of the molecule is CCN=Cc1cc(OC)cc(C)c1O. The molecule has 0 spiro atoms. The Labute approximate surface area is 84.1 Å². The summed E-state index contributed by atoms with van der Waals surface area (Å²) in [5.41, 5.74) is 1.49. The van der Waals surface area contributed by atoms with Crippen molar-refractivity contribution in [1.82, 2.24) is 0 Å². The van der Waals surface area contributed by atoms with Crippen LogP contribution in [0, 0.1) is 6.92 Å². The molecule has 0 aromatic heterocycles. The molecule has 76 valence electrons. The molecule has 0 saturated carbocycles. The largest absolute Gasteiger partial charge is 0.507 e. The van der Waals surface area contributed by atoms with Crippen LogP contribution in [0.15, 0.2) is 17.1 Å². The van der Waals surface area contributed by atoms with Crippen molar-refractivity contribution in [3.63, 3.8) is 0 Å². The number of methoxy groups -OCH3 is 1. The number of aromatic hydroxyl groups is 1.